The molecule has 0 radical (unpaired) electrons. The number of Topliss-reactive ketones (excluding diaryl/α,β-unsaturated/α-hetero) is 1. The minimum atomic E-state index is -2.18. The van der Waals surface area contributed by atoms with Crippen molar-refractivity contribution in [1.29, 1.82) is 0 Å². The number of allylic oxidation sites excluding steroid dienone is 2. The van der Waals surface area contributed by atoms with Gasteiger partial charge in [-0.3, -0.25) is 4.79 Å². The molecular weight excluding hydrogens is 416 g/mol. The molecule has 5 nitrogen and oxygen atoms in total. The van der Waals surface area contributed by atoms with Gasteiger partial charge in [-0.1, -0.05) is 94.9 Å². The molecule has 0 aromatic heterocycles. The first kappa shape index (κ1) is 29.1. The van der Waals surface area contributed by atoms with Gasteiger partial charge in [0.05, 0.1) is 0 Å². The number of aliphatic hydroxyl groups excluding tert-OH is 1. The molecule has 0 saturated carbocycles. The molecule has 0 aliphatic rings. The van der Waals surface area contributed by atoms with Gasteiger partial charge >= 0.3 is 0 Å². The van der Waals surface area contributed by atoms with Crippen molar-refractivity contribution < 1.29 is 15.0 Å². The molecule has 0 fully saturated rings. The summed E-state index contributed by atoms with van der Waals surface area (Å²) in [6.45, 7) is 2.24. The van der Waals surface area contributed by atoms with Gasteiger partial charge in [0.25, 0.3) is 0 Å². The number of rotatable bonds is 20. The Balaban J connectivity index is 3.71. The molecule has 0 aromatic carbocycles. The van der Waals surface area contributed by atoms with Gasteiger partial charge in [0, 0.05) is 12.8 Å². The number of carbonyl (C=O) groups is 1. The number of ketones is 1. The van der Waals surface area contributed by atoms with Crippen molar-refractivity contribution in [2.75, 3.05) is 0 Å². The van der Waals surface area contributed by atoms with Crippen molar-refractivity contribution >= 4 is 40.2 Å². The fourth-order valence-corrected chi connectivity index (χ4v) is 3.86. The zero-order valence-electron chi connectivity index (χ0n) is 18.6. The van der Waals surface area contributed by atoms with Crippen LogP contribution < -0.4 is 11.5 Å². The van der Waals surface area contributed by atoms with Gasteiger partial charge < -0.3 is 21.7 Å². The van der Waals surface area contributed by atoms with Crippen molar-refractivity contribution in [3.8, 4) is 0 Å². The Hall–Kier alpha value is -0.890. The first-order valence-corrected chi connectivity index (χ1v) is 12.2. The van der Waals surface area contributed by atoms with Crippen LogP contribution in [0.2, 0.25) is 0 Å². The van der Waals surface area contributed by atoms with E-state index in [1.165, 1.54) is 51.4 Å². The predicted molar refractivity (Wildman–Crippen MR) is 134 cm³/mol. The maximum absolute atomic E-state index is 12.0. The lowest BCUT2D eigenvalue weighted by molar-refractivity contribution is -0.122. The number of nitrogens with two attached hydrogens (primary N) is 2. The Bertz CT molecular complexity index is 525. The summed E-state index contributed by atoms with van der Waals surface area (Å²) in [5.74, 6) is -0.161. The third-order valence-corrected chi connectivity index (χ3v) is 5.99. The molecule has 6 N–H and O–H groups in total. The lowest BCUT2D eigenvalue weighted by Gasteiger charge is -2.30. The largest absolute Gasteiger partial charge is 0.390 e. The Labute approximate surface area is 193 Å². The van der Waals surface area contributed by atoms with E-state index >= 15 is 0 Å². The van der Waals surface area contributed by atoms with Gasteiger partial charge in [-0.05, 0) is 32.1 Å². The van der Waals surface area contributed by atoms with E-state index in [0.717, 1.165) is 32.1 Å². The number of aliphatic hydroxyl groups is 2. The van der Waals surface area contributed by atoms with E-state index in [0.29, 0.717) is 6.42 Å². The summed E-state index contributed by atoms with van der Waals surface area (Å²) in [5.41, 5.74) is 8.67. The van der Waals surface area contributed by atoms with Gasteiger partial charge in [0.2, 0.25) is 0 Å². The number of carbonyl (C=O) groups excluding carboxylic acids is 1. The lowest BCUT2D eigenvalue weighted by Crippen LogP contribution is -2.60. The van der Waals surface area contributed by atoms with E-state index in [2.05, 4.69) is 19.1 Å². The standard InChI is InChI=1S/C23H42N2O3S2/c1-2-3-4-5-6-7-8-9-10-11-12-13-14-15-16-17-19(26)18-20(27)23(28,21(24)29)22(25)30/h9-10,20,27-28H,2-8,11-18H2,1H3,(H2,24,29)(H2,25,30). The van der Waals surface area contributed by atoms with Gasteiger partial charge in [-0.25, -0.2) is 0 Å². The summed E-state index contributed by atoms with van der Waals surface area (Å²) in [4.78, 5) is 11.2. The molecule has 0 amide bonds. The monoisotopic (exact) mass is 458 g/mol. The van der Waals surface area contributed by atoms with Crippen LogP contribution in [0.1, 0.15) is 103 Å². The molecule has 0 aliphatic carbocycles. The van der Waals surface area contributed by atoms with Crippen LogP contribution in [0, 0.1) is 0 Å². The highest BCUT2D eigenvalue weighted by Gasteiger charge is 2.42. The Morgan fingerprint density at radius 3 is 1.77 bits per heavy atom. The molecule has 0 saturated heterocycles. The van der Waals surface area contributed by atoms with Gasteiger partial charge in [0.15, 0.2) is 5.60 Å². The second kappa shape index (κ2) is 17.8. The normalized spacial score (nSPS) is 12.9. The zero-order chi connectivity index (χ0) is 22.8. The van der Waals surface area contributed by atoms with Crippen LogP contribution in [0.3, 0.4) is 0 Å². The van der Waals surface area contributed by atoms with Crippen LogP contribution in [0.5, 0.6) is 0 Å². The van der Waals surface area contributed by atoms with Crippen LogP contribution >= 0.6 is 24.4 Å². The van der Waals surface area contributed by atoms with Crippen molar-refractivity contribution in [3.05, 3.63) is 12.2 Å². The maximum Gasteiger partial charge on any atom is 0.190 e. The van der Waals surface area contributed by atoms with Crippen LogP contribution in [0.4, 0.5) is 0 Å². The third kappa shape index (κ3) is 12.7. The lowest BCUT2D eigenvalue weighted by atomic mass is 9.91. The fourth-order valence-electron chi connectivity index (χ4n) is 3.31. The van der Waals surface area contributed by atoms with E-state index in [-0.39, 0.29) is 12.2 Å². The summed E-state index contributed by atoms with van der Waals surface area (Å²) in [7, 11) is 0. The second-order valence-corrected chi connectivity index (χ2v) is 8.97. The highest BCUT2D eigenvalue weighted by molar-refractivity contribution is 7.82. The molecule has 0 spiro atoms. The van der Waals surface area contributed by atoms with E-state index in [1.807, 2.05) is 0 Å². The van der Waals surface area contributed by atoms with Crippen LogP contribution in [-0.4, -0.2) is 37.7 Å². The molecular formula is C23H42N2O3S2. The number of hydrogen-bond acceptors (Lipinski definition) is 5. The molecule has 1 atom stereocenters. The minimum Gasteiger partial charge on any atom is -0.390 e. The highest BCUT2D eigenvalue weighted by atomic mass is 32.1. The molecule has 30 heavy (non-hydrogen) atoms. The maximum atomic E-state index is 12.0. The van der Waals surface area contributed by atoms with Gasteiger partial charge in [-0.15, -0.1) is 0 Å². The number of thiocarbonyl (C=S) groups is 2. The van der Waals surface area contributed by atoms with E-state index in [4.69, 9.17) is 35.9 Å². The van der Waals surface area contributed by atoms with Gasteiger partial charge in [0.1, 0.15) is 21.9 Å². The number of hydrogen-bond donors (Lipinski definition) is 4. The molecule has 174 valence electrons. The van der Waals surface area contributed by atoms with Crippen molar-refractivity contribution in [1.82, 2.24) is 0 Å². The Kier molecular flexibility index (Phi) is 17.2. The number of unbranched alkanes of at least 4 members (excludes halogenated alkanes) is 11. The summed E-state index contributed by atoms with van der Waals surface area (Å²) in [5, 5.41) is 20.3. The Morgan fingerprint density at radius 1 is 0.867 bits per heavy atom. The topological polar surface area (TPSA) is 110 Å². The van der Waals surface area contributed by atoms with Crippen molar-refractivity contribution in [3.63, 3.8) is 0 Å². The predicted octanol–water partition coefficient (Wildman–Crippen LogP) is 4.65. The molecule has 1 unspecified atom stereocenters. The smallest absolute Gasteiger partial charge is 0.190 e. The molecule has 0 aliphatic heterocycles. The minimum absolute atomic E-state index is 0.161. The first-order valence-electron chi connectivity index (χ1n) is 11.4. The molecule has 0 bridgehead atoms. The molecule has 0 rings (SSSR count). The van der Waals surface area contributed by atoms with E-state index < -0.39 is 21.7 Å². The Morgan fingerprint density at radius 2 is 1.30 bits per heavy atom. The summed E-state index contributed by atoms with van der Waals surface area (Å²) < 4.78 is 0. The van der Waals surface area contributed by atoms with Crippen LogP contribution in [0.25, 0.3) is 0 Å². The fraction of sp³-hybridized carbons (Fsp3) is 0.783. The molecule has 7 heteroatoms. The highest BCUT2D eigenvalue weighted by Crippen LogP contribution is 2.18. The summed E-state index contributed by atoms with van der Waals surface area (Å²) in [6.07, 6.45) is 18.7. The molecule has 0 aromatic rings. The quantitative estimate of drug-likeness (QED) is 0.119. The molecule has 0 heterocycles. The average Bonchev–Trinajstić information content (AvgIpc) is 2.69. The van der Waals surface area contributed by atoms with E-state index in [1.54, 1.807) is 0 Å². The van der Waals surface area contributed by atoms with Crippen molar-refractivity contribution in [2.24, 2.45) is 11.5 Å². The van der Waals surface area contributed by atoms with E-state index in [9.17, 15) is 15.0 Å². The zero-order valence-corrected chi connectivity index (χ0v) is 20.2. The summed E-state index contributed by atoms with van der Waals surface area (Å²) in [6, 6.07) is 0. The summed E-state index contributed by atoms with van der Waals surface area (Å²) >= 11 is 9.45. The van der Waals surface area contributed by atoms with Crippen LogP contribution in [-0.2, 0) is 4.79 Å². The first-order chi connectivity index (χ1) is 14.3. The second-order valence-electron chi connectivity index (χ2n) is 8.09. The van der Waals surface area contributed by atoms with Gasteiger partial charge in [-0.2, -0.15) is 0 Å². The van der Waals surface area contributed by atoms with Crippen LogP contribution in [0.15, 0.2) is 12.2 Å². The average molecular weight is 459 g/mol. The SMILES string of the molecule is CCCCCCCCC=CCCCCCCCC(=O)CC(O)C(O)(C(N)=S)C(N)=S. The third-order valence-electron chi connectivity index (χ3n) is 5.37. The van der Waals surface area contributed by atoms with Crippen molar-refractivity contribution in [2.45, 2.75) is 115 Å².